The molecule has 1 heterocycles. The first-order chi connectivity index (χ1) is 6.53. The molecule has 14 heavy (non-hydrogen) atoms. The first-order valence-corrected chi connectivity index (χ1v) is 7.28. The molecule has 1 rings (SSSR count). The Morgan fingerprint density at radius 2 is 1.86 bits per heavy atom. The van der Waals surface area contributed by atoms with Gasteiger partial charge in [0.2, 0.25) is 0 Å². The van der Waals surface area contributed by atoms with Gasteiger partial charge in [-0.05, 0) is 31.8 Å². The van der Waals surface area contributed by atoms with E-state index in [9.17, 15) is 8.42 Å². The molecule has 0 N–H and O–H groups in total. The van der Waals surface area contributed by atoms with Gasteiger partial charge in [0.05, 0.1) is 5.75 Å². The Hall–Kier alpha value is -0.0900. The van der Waals surface area contributed by atoms with Crippen molar-refractivity contribution in [2.45, 2.75) is 26.7 Å². The summed E-state index contributed by atoms with van der Waals surface area (Å²) in [4.78, 5) is 2.27. The van der Waals surface area contributed by atoms with Crippen molar-refractivity contribution >= 4 is 9.84 Å². The average molecular weight is 219 g/mol. The number of rotatable bonds is 4. The smallest absolute Gasteiger partial charge is 0.151 e. The fourth-order valence-electron chi connectivity index (χ4n) is 1.70. The zero-order chi connectivity index (χ0) is 10.6. The summed E-state index contributed by atoms with van der Waals surface area (Å²) in [7, 11) is -2.77. The maximum atomic E-state index is 11.3. The molecule has 1 aliphatic rings. The van der Waals surface area contributed by atoms with E-state index in [0.29, 0.717) is 5.75 Å². The summed E-state index contributed by atoms with van der Waals surface area (Å²) in [5.41, 5.74) is 0. The molecular weight excluding hydrogens is 198 g/mol. The highest BCUT2D eigenvalue weighted by Gasteiger charge is 2.17. The molecule has 4 heteroatoms. The van der Waals surface area contributed by atoms with Crippen LogP contribution in [0.5, 0.6) is 0 Å². The summed E-state index contributed by atoms with van der Waals surface area (Å²) in [6, 6.07) is 0. The minimum atomic E-state index is -2.77. The summed E-state index contributed by atoms with van der Waals surface area (Å²) in [6.45, 7) is 6.84. The topological polar surface area (TPSA) is 37.4 Å². The predicted octanol–water partition coefficient (Wildman–Crippen LogP) is 1.15. The number of likely N-dealkylation sites (tertiary alicyclic amines) is 1. The molecule has 1 fully saturated rings. The standard InChI is InChI=1S/C10H21NO2S/c1-3-14(12,13)9-8-11-6-4-10(2)5-7-11/h10H,3-9H2,1-2H3. The lowest BCUT2D eigenvalue weighted by molar-refractivity contribution is 0.202. The second-order valence-electron chi connectivity index (χ2n) is 4.26. The van der Waals surface area contributed by atoms with Crippen LogP contribution in [-0.4, -0.2) is 44.5 Å². The van der Waals surface area contributed by atoms with Crippen LogP contribution in [0, 0.1) is 5.92 Å². The van der Waals surface area contributed by atoms with Crippen molar-refractivity contribution < 1.29 is 8.42 Å². The molecule has 0 radical (unpaired) electrons. The van der Waals surface area contributed by atoms with Crippen LogP contribution in [0.4, 0.5) is 0 Å². The molecule has 1 aliphatic heterocycles. The highest BCUT2D eigenvalue weighted by molar-refractivity contribution is 7.91. The molecule has 0 saturated carbocycles. The van der Waals surface area contributed by atoms with E-state index in [2.05, 4.69) is 11.8 Å². The number of nitrogens with zero attached hydrogens (tertiary/aromatic N) is 1. The Bertz CT molecular complexity index is 253. The molecule has 0 aromatic heterocycles. The molecule has 0 aliphatic carbocycles. The second kappa shape index (κ2) is 5.12. The quantitative estimate of drug-likeness (QED) is 0.712. The number of sulfone groups is 1. The highest BCUT2D eigenvalue weighted by Crippen LogP contribution is 2.15. The SMILES string of the molecule is CCS(=O)(=O)CCN1CCC(C)CC1. The Balaban J connectivity index is 2.26. The molecule has 0 spiro atoms. The average Bonchev–Trinajstić information content (AvgIpc) is 2.17. The van der Waals surface area contributed by atoms with E-state index in [0.717, 1.165) is 25.6 Å². The van der Waals surface area contributed by atoms with Crippen molar-refractivity contribution in [3.05, 3.63) is 0 Å². The van der Waals surface area contributed by atoms with Gasteiger partial charge in [-0.1, -0.05) is 13.8 Å². The summed E-state index contributed by atoms with van der Waals surface area (Å²) < 4.78 is 22.6. The minimum Gasteiger partial charge on any atom is -0.302 e. The van der Waals surface area contributed by atoms with Gasteiger partial charge in [0.15, 0.2) is 9.84 Å². The summed E-state index contributed by atoms with van der Waals surface area (Å²) >= 11 is 0. The van der Waals surface area contributed by atoms with Crippen molar-refractivity contribution in [2.75, 3.05) is 31.1 Å². The molecule has 0 aromatic rings. The lowest BCUT2D eigenvalue weighted by Gasteiger charge is -2.29. The maximum absolute atomic E-state index is 11.3. The fraction of sp³-hybridized carbons (Fsp3) is 1.00. The Morgan fingerprint density at radius 1 is 1.29 bits per heavy atom. The second-order valence-corrected chi connectivity index (χ2v) is 6.73. The zero-order valence-corrected chi connectivity index (χ0v) is 10.0. The first kappa shape index (κ1) is 12.0. The Kier molecular flexibility index (Phi) is 4.38. The number of hydrogen-bond acceptors (Lipinski definition) is 3. The van der Waals surface area contributed by atoms with E-state index in [-0.39, 0.29) is 5.75 Å². The van der Waals surface area contributed by atoms with Gasteiger partial charge >= 0.3 is 0 Å². The van der Waals surface area contributed by atoms with Crippen LogP contribution in [0.3, 0.4) is 0 Å². The van der Waals surface area contributed by atoms with Gasteiger partial charge in [-0.25, -0.2) is 8.42 Å². The van der Waals surface area contributed by atoms with Crippen LogP contribution in [0.15, 0.2) is 0 Å². The Morgan fingerprint density at radius 3 is 2.36 bits per heavy atom. The monoisotopic (exact) mass is 219 g/mol. The van der Waals surface area contributed by atoms with Crippen molar-refractivity contribution in [1.29, 1.82) is 0 Å². The molecule has 1 saturated heterocycles. The minimum absolute atomic E-state index is 0.275. The summed E-state index contributed by atoms with van der Waals surface area (Å²) in [5, 5.41) is 0. The summed E-state index contributed by atoms with van der Waals surface area (Å²) in [5.74, 6) is 1.42. The molecule has 84 valence electrons. The van der Waals surface area contributed by atoms with Crippen LogP contribution in [0.2, 0.25) is 0 Å². The van der Waals surface area contributed by atoms with E-state index in [1.807, 2.05) is 0 Å². The third-order valence-corrected chi connectivity index (χ3v) is 4.72. The third kappa shape index (κ3) is 3.96. The van der Waals surface area contributed by atoms with Gasteiger partial charge in [0.25, 0.3) is 0 Å². The summed E-state index contributed by atoms with van der Waals surface area (Å²) in [6.07, 6.45) is 2.43. The van der Waals surface area contributed by atoms with E-state index in [4.69, 9.17) is 0 Å². The van der Waals surface area contributed by atoms with Crippen LogP contribution in [0.25, 0.3) is 0 Å². The van der Waals surface area contributed by atoms with Gasteiger partial charge in [-0.3, -0.25) is 0 Å². The first-order valence-electron chi connectivity index (χ1n) is 5.46. The van der Waals surface area contributed by atoms with Gasteiger partial charge in [0, 0.05) is 12.3 Å². The molecule has 0 atom stereocenters. The van der Waals surface area contributed by atoms with Gasteiger partial charge in [-0.2, -0.15) is 0 Å². The van der Waals surface area contributed by atoms with Crippen LogP contribution < -0.4 is 0 Å². The van der Waals surface area contributed by atoms with Crippen LogP contribution in [-0.2, 0) is 9.84 Å². The van der Waals surface area contributed by atoms with Gasteiger partial charge in [0.1, 0.15) is 0 Å². The van der Waals surface area contributed by atoms with E-state index >= 15 is 0 Å². The molecule has 0 aromatic carbocycles. The van der Waals surface area contributed by atoms with Crippen molar-refractivity contribution in [1.82, 2.24) is 4.90 Å². The lowest BCUT2D eigenvalue weighted by atomic mass is 9.99. The third-order valence-electron chi connectivity index (χ3n) is 3.03. The molecule has 3 nitrogen and oxygen atoms in total. The highest BCUT2D eigenvalue weighted by atomic mass is 32.2. The lowest BCUT2D eigenvalue weighted by Crippen LogP contribution is -2.36. The zero-order valence-electron chi connectivity index (χ0n) is 9.20. The van der Waals surface area contributed by atoms with Gasteiger partial charge in [-0.15, -0.1) is 0 Å². The van der Waals surface area contributed by atoms with Crippen LogP contribution >= 0.6 is 0 Å². The van der Waals surface area contributed by atoms with Crippen molar-refractivity contribution in [3.63, 3.8) is 0 Å². The van der Waals surface area contributed by atoms with E-state index in [1.165, 1.54) is 12.8 Å². The van der Waals surface area contributed by atoms with E-state index < -0.39 is 9.84 Å². The normalized spacial score (nSPS) is 21.3. The molecule has 0 bridgehead atoms. The maximum Gasteiger partial charge on any atom is 0.151 e. The predicted molar refractivity (Wildman–Crippen MR) is 59.2 cm³/mol. The fourth-order valence-corrected chi connectivity index (χ4v) is 2.52. The Labute approximate surface area is 87.4 Å². The number of hydrogen-bond donors (Lipinski definition) is 0. The number of piperidine rings is 1. The molecular formula is C10H21NO2S. The van der Waals surface area contributed by atoms with E-state index in [1.54, 1.807) is 6.92 Å². The molecule has 0 unspecified atom stereocenters. The van der Waals surface area contributed by atoms with Crippen molar-refractivity contribution in [3.8, 4) is 0 Å². The largest absolute Gasteiger partial charge is 0.302 e. The van der Waals surface area contributed by atoms with Gasteiger partial charge < -0.3 is 4.90 Å². The molecule has 0 amide bonds. The van der Waals surface area contributed by atoms with Crippen molar-refractivity contribution in [2.24, 2.45) is 5.92 Å². The van der Waals surface area contributed by atoms with Crippen LogP contribution in [0.1, 0.15) is 26.7 Å².